The molecule has 19 heavy (non-hydrogen) atoms. The van der Waals surface area contributed by atoms with Crippen molar-refractivity contribution >= 4 is 27.5 Å². The van der Waals surface area contributed by atoms with E-state index in [4.69, 9.17) is 0 Å². The Morgan fingerprint density at radius 2 is 1.84 bits per heavy atom. The van der Waals surface area contributed by atoms with Crippen LogP contribution in [0.4, 0.5) is 18.9 Å². The number of nitrogens with one attached hydrogen (secondary N) is 1. The number of rotatable bonds is 5. The van der Waals surface area contributed by atoms with Gasteiger partial charge >= 0.3 is 6.18 Å². The van der Waals surface area contributed by atoms with Gasteiger partial charge in [-0.3, -0.25) is 4.72 Å². The zero-order valence-electron chi connectivity index (χ0n) is 10.4. The molecule has 0 bridgehead atoms. The average molecular weight is 313 g/mol. The van der Waals surface area contributed by atoms with Crippen LogP contribution in [-0.2, 0) is 10.0 Å². The third-order valence-corrected chi connectivity index (χ3v) is 5.04. The minimum Gasteiger partial charge on any atom is -0.282 e. The van der Waals surface area contributed by atoms with E-state index >= 15 is 0 Å². The molecule has 0 aliphatic carbocycles. The Morgan fingerprint density at radius 3 is 2.37 bits per heavy atom. The topological polar surface area (TPSA) is 46.2 Å². The molecule has 0 radical (unpaired) electrons. The van der Waals surface area contributed by atoms with Crippen molar-refractivity contribution < 1.29 is 21.6 Å². The molecule has 8 heteroatoms. The number of para-hydroxylation sites is 1. The number of anilines is 1. The molecule has 3 nitrogen and oxygen atoms in total. The quantitative estimate of drug-likeness (QED) is 0.846. The highest BCUT2D eigenvalue weighted by molar-refractivity contribution is 7.99. The lowest BCUT2D eigenvalue weighted by Crippen LogP contribution is -2.22. The highest BCUT2D eigenvalue weighted by Crippen LogP contribution is 2.32. The van der Waals surface area contributed by atoms with E-state index in [1.165, 1.54) is 26.0 Å². The van der Waals surface area contributed by atoms with Gasteiger partial charge in [-0.1, -0.05) is 12.1 Å². The highest BCUT2D eigenvalue weighted by Gasteiger charge is 2.28. The van der Waals surface area contributed by atoms with Crippen molar-refractivity contribution in [1.29, 1.82) is 0 Å². The van der Waals surface area contributed by atoms with Gasteiger partial charge < -0.3 is 0 Å². The van der Waals surface area contributed by atoms with Crippen LogP contribution in [0.1, 0.15) is 13.8 Å². The number of alkyl halides is 3. The first-order chi connectivity index (χ1) is 8.62. The van der Waals surface area contributed by atoms with Gasteiger partial charge in [0.25, 0.3) is 0 Å². The molecule has 0 atom stereocenters. The SMILES string of the molecule is CC(C)S(=O)(=O)Nc1ccccc1SCC(F)(F)F. The molecule has 0 unspecified atom stereocenters. The summed E-state index contributed by atoms with van der Waals surface area (Å²) in [5.41, 5.74) is 0.172. The monoisotopic (exact) mass is 313 g/mol. The number of halogens is 3. The van der Waals surface area contributed by atoms with Crippen molar-refractivity contribution in [2.24, 2.45) is 0 Å². The van der Waals surface area contributed by atoms with E-state index in [1.807, 2.05) is 0 Å². The molecule has 1 rings (SSSR count). The highest BCUT2D eigenvalue weighted by atomic mass is 32.2. The number of hydrogen-bond acceptors (Lipinski definition) is 3. The summed E-state index contributed by atoms with van der Waals surface area (Å²) in [7, 11) is -3.57. The molecule has 1 aromatic carbocycles. The van der Waals surface area contributed by atoms with Gasteiger partial charge in [-0.2, -0.15) is 13.2 Å². The van der Waals surface area contributed by atoms with E-state index in [2.05, 4.69) is 4.72 Å². The first kappa shape index (κ1) is 16.2. The molecule has 108 valence electrons. The Hall–Kier alpha value is -0.890. The largest absolute Gasteiger partial charge is 0.398 e. The molecule has 0 saturated carbocycles. The van der Waals surface area contributed by atoms with Crippen molar-refractivity contribution in [3.8, 4) is 0 Å². The van der Waals surface area contributed by atoms with Gasteiger partial charge in [0.05, 0.1) is 16.7 Å². The summed E-state index contributed by atoms with van der Waals surface area (Å²) in [5.74, 6) is -1.06. The number of benzene rings is 1. The van der Waals surface area contributed by atoms with Crippen LogP contribution in [0.15, 0.2) is 29.2 Å². The van der Waals surface area contributed by atoms with E-state index in [0.717, 1.165) is 0 Å². The average Bonchev–Trinajstić information content (AvgIpc) is 2.26. The number of sulfonamides is 1. The smallest absolute Gasteiger partial charge is 0.282 e. The van der Waals surface area contributed by atoms with E-state index in [-0.39, 0.29) is 10.6 Å². The summed E-state index contributed by atoms with van der Waals surface area (Å²) < 4.78 is 62.3. The maximum atomic E-state index is 12.2. The van der Waals surface area contributed by atoms with Gasteiger partial charge in [-0.15, -0.1) is 11.8 Å². The Bertz CT molecular complexity index is 527. The summed E-state index contributed by atoms with van der Waals surface area (Å²) in [4.78, 5) is 0.254. The first-order valence-corrected chi connectivity index (χ1v) is 7.95. The zero-order chi connectivity index (χ0) is 14.7. The van der Waals surface area contributed by atoms with Crippen molar-refractivity contribution in [1.82, 2.24) is 0 Å². The molecule has 1 N–H and O–H groups in total. The fourth-order valence-corrected chi connectivity index (χ4v) is 2.66. The van der Waals surface area contributed by atoms with Gasteiger partial charge in [0, 0.05) is 4.90 Å². The summed E-state index contributed by atoms with van der Waals surface area (Å²) in [6.07, 6.45) is -4.30. The van der Waals surface area contributed by atoms with Crippen molar-refractivity contribution in [3.63, 3.8) is 0 Å². The van der Waals surface area contributed by atoms with Crippen LogP contribution in [0.3, 0.4) is 0 Å². The maximum Gasteiger partial charge on any atom is 0.398 e. The molecule has 0 heterocycles. The predicted octanol–water partition coefficient (Wildman–Crippen LogP) is 3.49. The van der Waals surface area contributed by atoms with E-state index < -0.39 is 27.2 Å². The minimum atomic E-state index is -4.30. The third-order valence-electron chi connectivity index (χ3n) is 2.15. The fourth-order valence-electron chi connectivity index (χ4n) is 1.11. The number of hydrogen-bond donors (Lipinski definition) is 1. The lowest BCUT2D eigenvalue weighted by Gasteiger charge is -2.14. The molecule has 0 aliphatic rings. The standard InChI is InChI=1S/C11H14F3NO2S2/c1-8(2)19(16,17)15-9-5-3-4-6-10(9)18-7-11(12,13)14/h3-6,8,15H,7H2,1-2H3. The van der Waals surface area contributed by atoms with Gasteiger partial charge in [0.1, 0.15) is 0 Å². The Balaban J connectivity index is 2.91. The molecule has 0 amide bonds. The molecule has 0 aromatic heterocycles. The molecular formula is C11H14F3NO2S2. The second-order valence-electron chi connectivity index (χ2n) is 4.10. The Kier molecular flexibility index (Phi) is 5.14. The molecule has 0 fully saturated rings. The van der Waals surface area contributed by atoms with Gasteiger partial charge in [-0.05, 0) is 26.0 Å². The molecule has 0 spiro atoms. The number of thioether (sulfide) groups is 1. The summed E-state index contributed by atoms with van der Waals surface area (Å²) in [5, 5.41) is -0.659. The second kappa shape index (κ2) is 6.04. The van der Waals surface area contributed by atoms with E-state index in [0.29, 0.717) is 11.8 Å². The van der Waals surface area contributed by atoms with E-state index in [1.54, 1.807) is 12.1 Å². The Morgan fingerprint density at radius 1 is 1.26 bits per heavy atom. The van der Waals surface area contributed by atoms with Crippen LogP contribution in [0.2, 0.25) is 0 Å². The first-order valence-electron chi connectivity index (χ1n) is 5.42. The lowest BCUT2D eigenvalue weighted by atomic mass is 10.3. The normalized spacial score (nSPS) is 12.7. The second-order valence-corrected chi connectivity index (χ2v) is 7.35. The van der Waals surface area contributed by atoms with Gasteiger partial charge in [0.15, 0.2) is 0 Å². The minimum absolute atomic E-state index is 0.172. The molecular weight excluding hydrogens is 299 g/mol. The van der Waals surface area contributed by atoms with Crippen LogP contribution in [0, 0.1) is 0 Å². The van der Waals surface area contributed by atoms with Crippen molar-refractivity contribution in [3.05, 3.63) is 24.3 Å². The van der Waals surface area contributed by atoms with Crippen LogP contribution in [0.5, 0.6) is 0 Å². The summed E-state index contributed by atoms with van der Waals surface area (Å²) in [6, 6.07) is 6.02. The van der Waals surface area contributed by atoms with Crippen LogP contribution < -0.4 is 4.72 Å². The summed E-state index contributed by atoms with van der Waals surface area (Å²) in [6.45, 7) is 2.99. The third kappa shape index (κ3) is 5.32. The summed E-state index contributed by atoms with van der Waals surface area (Å²) >= 11 is 0.554. The maximum absolute atomic E-state index is 12.2. The van der Waals surface area contributed by atoms with Gasteiger partial charge in [-0.25, -0.2) is 8.42 Å². The lowest BCUT2D eigenvalue weighted by molar-refractivity contribution is -0.105. The van der Waals surface area contributed by atoms with Crippen molar-refractivity contribution in [2.45, 2.75) is 30.2 Å². The van der Waals surface area contributed by atoms with Crippen LogP contribution in [-0.4, -0.2) is 25.6 Å². The van der Waals surface area contributed by atoms with Crippen LogP contribution in [0.25, 0.3) is 0 Å². The molecule has 1 aromatic rings. The van der Waals surface area contributed by atoms with Crippen LogP contribution >= 0.6 is 11.8 Å². The fraction of sp³-hybridized carbons (Fsp3) is 0.455. The zero-order valence-corrected chi connectivity index (χ0v) is 12.0. The Labute approximate surface area is 114 Å². The van der Waals surface area contributed by atoms with Crippen molar-refractivity contribution in [2.75, 3.05) is 10.5 Å². The van der Waals surface area contributed by atoms with Gasteiger partial charge in [0.2, 0.25) is 10.0 Å². The predicted molar refractivity (Wildman–Crippen MR) is 70.9 cm³/mol. The molecule has 0 aliphatic heterocycles. The van der Waals surface area contributed by atoms with E-state index in [9.17, 15) is 21.6 Å². The molecule has 0 saturated heterocycles.